The van der Waals surface area contributed by atoms with Crippen LogP contribution in [0.1, 0.15) is 16.7 Å². The molecule has 2 heteroatoms. The van der Waals surface area contributed by atoms with Gasteiger partial charge in [0.2, 0.25) is 0 Å². The van der Waals surface area contributed by atoms with E-state index in [1.165, 1.54) is 22.4 Å². The zero-order chi connectivity index (χ0) is 12.2. The molecule has 0 radical (unpaired) electrons. The zero-order valence-electron chi connectivity index (χ0n) is 10.4. The van der Waals surface area contributed by atoms with Crippen molar-refractivity contribution >= 4 is 5.69 Å². The average Bonchev–Trinajstić information content (AvgIpc) is 2.87. The minimum atomic E-state index is 0.754. The number of anilines is 1. The number of benzene rings is 2. The highest BCUT2D eigenvalue weighted by atomic mass is 16.5. The Morgan fingerprint density at radius 2 is 1.78 bits per heavy atom. The molecule has 1 aliphatic rings. The van der Waals surface area contributed by atoms with Crippen molar-refractivity contribution in [2.75, 3.05) is 11.9 Å². The second kappa shape index (κ2) is 5.23. The van der Waals surface area contributed by atoms with E-state index >= 15 is 0 Å². The summed E-state index contributed by atoms with van der Waals surface area (Å²) in [6, 6.07) is 17.1. The lowest BCUT2D eigenvalue weighted by Crippen LogP contribution is -2.05. The maximum Gasteiger partial charge on any atom is 0.0725 e. The van der Waals surface area contributed by atoms with Gasteiger partial charge in [-0.3, -0.25) is 0 Å². The quantitative estimate of drug-likeness (QED) is 0.883. The van der Waals surface area contributed by atoms with Gasteiger partial charge in [0.1, 0.15) is 0 Å². The minimum absolute atomic E-state index is 0.754. The normalized spacial score (nSPS) is 13.3. The molecule has 0 unspecified atom stereocenters. The molecule has 0 aromatic heterocycles. The Morgan fingerprint density at radius 3 is 2.67 bits per heavy atom. The smallest absolute Gasteiger partial charge is 0.0725 e. The van der Waals surface area contributed by atoms with Gasteiger partial charge in [-0.1, -0.05) is 36.4 Å². The SMILES string of the molecule is c1ccc(CCNc2ccc3c(c2)COC3)cc1. The average molecular weight is 239 g/mol. The Labute approximate surface area is 108 Å². The van der Waals surface area contributed by atoms with Crippen LogP contribution in [0.2, 0.25) is 0 Å². The van der Waals surface area contributed by atoms with Crippen LogP contribution in [-0.2, 0) is 24.4 Å². The van der Waals surface area contributed by atoms with Crippen molar-refractivity contribution < 1.29 is 4.74 Å². The molecule has 1 N–H and O–H groups in total. The highest BCUT2D eigenvalue weighted by Gasteiger charge is 2.10. The number of ether oxygens (including phenoxy) is 1. The Bertz CT molecular complexity index is 522. The van der Waals surface area contributed by atoms with Gasteiger partial charge in [-0.25, -0.2) is 0 Å². The summed E-state index contributed by atoms with van der Waals surface area (Å²) in [6.45, 7) is 2.48. The van der Waals surface area contributed by atoms with Crippen molar-refractivity contribution in [2.24, 2.45) is 0 Å². The molecular formula is C16H17NO. The fourth-order valence-corrected chi connectivity index (χ4v) is 2.28. The summed E-state index contributed by atoms with van der Waals surface area (Å²) in [5, 5.41) is 3.47. The van der Waals surface area contributed by atoms with Crippen molar-refractivity contribution in [2.45, 2.75) is 19.6 Å². The lowest BCUT2D eigenvalue weighted by atomic mass is 10.1. The molecule has 0 spiro atoms. The summed E-state index contributed by atoms with van der Waals surface area (Å²) < 4.78 is 5.42. The zero-order valence-corrected chi connectivity index (χ0v) is 10.4. The summed E-state index contributed by atoms with van der Waals surface area (Å²) in [6.07, 6.45) is 1.05. The van der Waals surface area contributed by atoms with Crippen LogP contribution in [0.15, 0.2) is 48.5 Å². The van der Waals surface area contributed by atoms with E-state index in [0.29, 0.717) is 0 Å². The van der Waals surface area contributed by atoms with Gasteiger partial charge in [0, 0.05) is 12.2 Å². The Balaban J connectivity index is 1.57. The van der Waals surface area contributed by atoms with Crippen LogP contribution < -0.4 is 5.32 Å². The van der Waals surface area contributed by atoms with Crippen molar-refractivity contribution in [3.8, 4) is 0 Å². The van der Waals surface area contributed by atoms with Crippen LogP contribution in [0.4, 0.5) is 5.69 Å². The van der Waals surface area contributed by atoms with E-state index < -0.39 is 0 Å². The summed E-state index contributed by atoms with van der Waals surface area (Å²) in [4.78, 5) is 0. The Morgan fingerprint density at radius 1 is 0.944 bits per heavy atom. The summed E-state index contributed by atoms with van der Waals surface area (Å²) in [5.74, 6) is 0. The van der Waals surface area contributed by atoms with Gasteiger partial charge in [0.25, 0.3) is 0 Å². The number of hydrogen-bond acceptors (Lipinski definition) is 2. The highest BCUT2D eigenvalue weighted by Crippen LogP contribution is 2.23. The predicted octanol–water partition coefficient (Wildman–Crippen LogP) is 3.37. The topological polar surface area (TPSA) is 21.3 Å². The maximum atomic E-state index is 5.42. The van der Waals surface area contributed by atoms with Gasteiger partial charge in [0.05, 0.1) is 13.2 Å². The van der Waals surface area contributed by atoms with Gasteiger partial charge in [-0.2, -0.15) is 0 Å². The van der Waals surface area contributed by atoms with Crippen LogP contribution in [0.3, 0.4) is 0 Å². The van der Waals surface area contributed by atoms with Gasteiger partial charge in [0.15, 0.2) is 0 Å². The van der Waals surface area contributed by atoms with Gasteiger partial charge < -0.3 is 10.1 Å². The monoisotopic (exact) mass is 239 g/mol. The molecule has 2 nitrogen and oxygen atoms in total. The molecule has 0 aliphatic carbocycles. The van der Waals surface area contributed by atoms with Gasteiger partial charge in [-0.15, -0.1) is 0 Å². The number of hydrogen-bond donors (Lipinski definition) is 1. The first-order valence-corrected chi connectivity index (χ1v) is 6.39. The van der Waals surface area contributed by atoms with Crippen LogP contribution in [-0.4, -0.2) is 6.54 Å². The molecule has 0 amide bonds. The number of rotatable bonds is 4. The Kier molecular flexibility index (Phi) is 3.29. The third-order valence-corrected chi connectivity index (χ3v) is 3.31. The third-order valence-electron chi connectivity index (χ3n) is 3.31. The summed E-state index contributed by atoms with van der Waals surface area (Å²) >= 11 is 0. The standard InChI is InChI=1S/C16H17NO/c1-2-4-13(5-3-1)8-9-17-16-7-6-14-11-18-12-15(14)10-16/h1-7,10,17H,8-9,11-12H2. The fourth-order valence-electron chi connectivity index (χ4n) is 2.28. The lowest BCUT2D eigenvalue weighted by molar-refractivity contribution is 0.134. The van der Waals surface area contributed by atoms with Crippen molar-refractivity contribution in [3.05, 3.63) is 65.2 Å². The van der Waals surface area contributed by atoms with Gasteiger partial charge in [-0.05, 0) is 35.2 Å². The molecule has 2 aromatic carbocycles. The second-order valence-corrected chi connectivity index (χ2v) is 4.64. The molecule has 3 rings (SSSR count). The van der Waals surface area contributed by atoms with Crippen molar-refractivity contribution in [3.63, 3.8) is 0 Å². The van der Waals surface area contributed by atoms with Crippen LogP contribution in [0, 0.1) is 0 Å². The Hall–Kier alpha value is -1.80. The highest BCUT2D eigenvalue weighted by molar-refractivity contribution is 5.49. The lowest BCUT2D eigenvalue weighted by Gasteiger charge is -2.08. The summed E-state index contributed by atoms with van der Waals surface area (Å²) in [7, 11) is 0. The van der Waals surface area contributed by atoms with Crippen molar-refractivity contribution in [1.82, 2.24) is 0 Å². The molecule has 92 valence electrons. The number of nitrogens with one attached hydrogen (secondary N) is 1. The summed E-state index contributed by atoms with van der Waals surface area (Å²) in [5.41, 5.74) is 5.20. The molecule has 0 saturated carbocycles. The van der Waals surface area contributed by atoms with E-state index in [9.17, 15) is 0 Å². The first-order valence-electron chi connectivity index (χ1n) is 6.39. The predicted molar refractivity (Wildman–Crippen MR) is 73.6 cm³/mol. The molecular weight excluding hydrogens is 222 g/mol. The van der Waals surface area contributed by atoms with E-state index in [1.54, 1.807) is 0 Å². The van der Waals surface area contributed by atoms with E-state index in [4.69, 9.17) is 4.74 Å². The molecule has 0 fully saturated rings. The molecule has 0 bridgehead atoms. The maximum absolute atomic E-state index is 5.42. The first kappa shape index (κ1) is 11.3. The number of fused-ring (bicyclic) bond motifs is 1. The molecule has 0 atom stereocenters. The molecule has 2 aromatic rings. The van der Waals surface area contributed by atoms with Crippen LogP contribution in [0.5, 0.6) is 0 Å². The van der Waals surface area contributed by atoms with E-state index in [0.717, 1.165) is 26.2 Å². The third kappa shape index (κ3) is 2.54. The molecule has 1 aliphatic heterocycles. The van der Waals surface area contributed by atoms with E-state index in [1.807, 2.05) is 0 Å². The molecule has 18 heavy (non-hydrogen) atoms. The van der Waals surface area contributed by atoms with Crippen LogP contribution >= 0.6 is 0 Å². The fraction of sp³-hybridized carbons (Fsp3) is 0.250. The van der Waals surface area contributed by atoms with E-state index in [-0.39, 0.29) is 0 Å². The first-order chi connectivity index (χ1) is 8.92. The van der Waals surface area contributed by atoms with Crippen LogP contribution in [0.25, 0.3) is 0 Å². The molecule has 1 heterocycles. The largest absolute Gasteiger partial charge is 0.385 e. The van der Waals surface area contributed by atoms with E-state index in [2.05, 4.69) is 53.8 Å². The minimum Gasteiger partial charge on any atom is -0.385 e. The van der Waals surface area contributed by atoms with Gasteiger partial charge >= 0.3 is 0 Å². The molecule has 0 saturated heterocycles. The van der Waals surface area contributed by atoms with Crippen molar-refractivity contribution in [1.29, 1.82) is 0 Å². The second-order valence-electron chi connectivity index (χ2n) is 4.64.